The average Bonchev–Trinajstić information content (AvgIpc) is 3.46. The molecule has 2 unspecified atom stereocenters. The SMILES string of the molecule is N[C@H](C(=O)N1CCCC1P(=O)(Oc1ccccc1)Oc1ccccc1)C1CSCN1. The van der Waals surface area contributed by atoms with Gasteiger partial charge in [0.2, 0.25) is 5.91 Å². The zero-order chi connectivity index (χ0) is 21.0. The van der Waals surface area contributed by atoms with E-state index >= 15 is 0 Å². The number of thioether (sulfide) groups is 1. The van der Waals surface area contributed by atoms with Gasteiger partial charge in [0, 0.05) is 24.2 Å². The molecule has 9 heteroatoms. The van der Waals surface area contributed by atoms with Crippen molar-refractivity contribution in [2.75, 3.05) is 18.2 Å². The molecule has 2 fully saturated rings. The molecule has 3 N–H and O–H groups in total. The highest BCUT2D eigenvalue weighted by atomic mass is 32.2. The third-order valence-electron chi connectivity index (χ3n) is 5.28. The lowest BCUT2D eigenvalue weighted by Gasteiger charge is -2.33. The van der Waals surface area contributed by atoms with Gasteiger partial charge >= 0.3 is 7.60 Å². The van der Waals surface area contributed by atoms with Crippen LogP contribution in [0.4, 0.5) is 0 Å². The summed E-state index contributed by atoms with van der Waals surface area (Å²) in [6, 6.07) is 17.1. The minimum Gasteiger partial charge on any atom is -0.415 e. The van der Waals surface area contributed by atoms with Gasteiger partial charge in [0.15, 0.2) is 5.78 Å². The van der Waals surface area contributed by atoms with Crippen LogP contribution in [0.2, 0.25) is 0 Å². The summed E-state index contributed by atoms with van der Waals surface area (Å²) in [6.45, 7) is 0.483. The number of amides is 1. The second kappa shape index (κ2) is 9.43. The van der Waals surface area contributed by atoms with Gasteiger partial charge in [-0.2, -0.15) is 0 Å². The van der Waals surface area contributed by atoms with Crippen LogP contribution in [0.25, 0.3) is 0 Å². The molecule has 4 rings (SSSR count). The van der Waals surface area contributed by atoms with Crippen LogP contribution in [0, 0.1) is 0 Å². The van der Waals surface area contributed by atoms with E-state index in [0.717, 1.165) is 18.1 Å². The van der Waals surface area contributed by atoms with Crippen LogP contribution in [-0.2, 0) is 9.36 Å². The van der Waals surface area contributed by atoms with Gasteiger partial charge < -0.3 is 25.0 Å². The van der Waals surface area contributed by atoms with Crippen molar-refractivity contribution in [3.8, 4) is 11.5 Å². The van der Waals surface area contributed by atoms with Crippen LogP contribution >= 0.6 is 19.4 Å². The van der Waals surface area contributed by atoms with Gasteiger partial charge in [-0.15, -0.1) is 11.8 Å². The summed E-state index contributed by atoms with van der Waals surface area (Å²) in [5, 5.41) is 3.25. The summed E-state index contributed by atoms with van der Waals surface area (Å²) in [5.74, 6) is 1.53. The minimum absolute atomic E-state index is 0.0896. The smallest absolute Gasteiger partial charge is 0.415 e. The number of hydrogen-bond donors (Lipinski definition) is 2. The summed E-state index contributed by atoms with van der Waals surface area (Å²) in [4.78, 5) is 14.8. The first-order chi connectivity index (χ1) is 14.6. The summed E-state index contributed by atoms with van der Waals surface area (Å²) in [5.41, 5.74) is 6.27. The summed E-state index contributed by atoms with van der Waals surface area (Å²) >= 11 is 1.71. The highest BCUT2D eigenvalue weighted by Gasteiger charge is 2.49. The second-order valence-electron chi connectivity index (χ2n) is 7.35. The molecule has 2 aromatic rings. The number of nitrogens with one attached hydrogen (secondary N) is 1. The molecule has 3 atom stereocenters. The molecule has 30 heavy (non-hydrogen) atoms. The number of hydrogen-bond acceptors (Lipinski definition) is 7. The van der Waals surface area contributed by atoms with Gasteiger partial charge in [-0.1, -0.05) is 36.4 Å². The number of carbonyl (C=O) groups excluding carboxylic acids is 1. The molecule has 1 amide bonds. The summed E-state index contributed by atoms with van der Waals surface area (Å²) in [6.07, 6.45) is 1.25. The minimum atomic E-state index is -3.77. The van der Waals surface area contributed by atoms with Gasteiger partial charge in [0.1, 0.15) is 17.5 Å². The Balaban J connectivity index is 1.61. The molecule has 2 saturated heterocycles. The third kappa shape index (κ3) is 4.67. The maximum absolute atomic E-state index is 14.1. The molecule has 0 aromatic heterocycles. The number of likely N-dealkylation sites (tertiary alicyclic amines) is 1. The van der Waals surface area contributed by atoms with E-state index in [1.165, 1.54) is 0 Å². The highest BCUT2D eigenvalue weighted by Crippen LogP contribution is 2.57. The predicted octanol–water partition coefficient (Wildman–Crippen LogP) is 3.28. The number of nitrogens with two attached hydrogens (primary N) is 1. The molecule has 0 aliphatic carbocycles. The van der Waals surface area contributed by atoms with Crippen molar-refractivity contribution in [3.63, 3.8) is 0 Å². The van der Waals surface area contributed by atoms with E-state index in [1.54, 1.807) is 65.2 Å². The molecular weight excluding hydrogens is 421 g/mol. The normalized spacial score (nSPS) is 22.6. The Morgan fingerprint density at radius 2 is 1.70 bits per heavy atom. The standard InChI is InChI=1S/C21H26N3O4PS/c22-20(18-14-30-15-23-18)21(25)24-13-7-12-19(24)29(26,27-16-8-3-1-4-9-16)28-17-10-5-2-6-11-17/h1-6,8-11,18-20,23H,7,12-15,22H2/t18?,19?,20-/m0/s1. The molecule has 7 nitrogen and oxygen atoms in total. The first-order valence-corrected chi connectivity index (χ1v) is 12.8. The van der Waals surface area contributed by atoms with E-state index in [0.29, 0.717) is 24.5 Å². The lowest BCUT2D eigenvalue weighted by molar-refractivity contribution is -0.132. The van der Waals surface area contributed by atoms with Crippen LogP contribution in [0.3, 0.4) is 0 Å². The van der Waals surface area contributed by atoms with Gasteiger partial charge in [0.25, 0.3) is 0 Å². The molecule has 2 aliphatic rings. The Kier molecular flexibility index (Phi) is 6.68. The number of para-hydroxylation sites is 2. The first kappa shape index (κ1) is 21.2. The van der Waals surface area contributed by atoms with Crippen molar-refractivity contribution < 1.29 is 18.4 Å². The molecule has 0 spiro atoms. The van der Waals surface area contributed by atoms with Crippen LogP contribution in [-0.4, -0.2) is 46.8 Å². The van der Waals surface area contributed by atoms with E-state index in [9.17, 15) is 9.36 Å². The van der Waals surface area contributed by atoms with Crippen molar-refractivity contribution in [2.45, 2.75) is 30.7 Å². The van der Waals surface area contributed by atoms with Crippen molar-refractivity contribution in [2.24, 2.45) is 5.73 Å². The molecule has 0 bridgehead atoms. The summed E-state index contributed by atoms with van der Waals surface area (Å²) in [7, 11) is -3.77. The Bertz CT molecular complexity index is 850. The zero-order valence-corrected chi connectivity index (χ0v) is 18.3. The lowest BCUT2D eigenvalue weighted by Crippen LogP contribution is -2.55. The Hall–Kier alpha value is -1.99. The monoisotopic (exact) mass is 447 g/mol. The Morgan fingerprint density at radius 3 is 2.23 bits per heavy atom. The van der Waals surface area contributed by atoms with Gasteiger partial charge in [-0.3, -0.25) is 4.79 Å². The van der Waals surface area contributed by atoms with Gasteiger partial charge in [-0.05, 0) is 37.1 Å². The fourth-order valence-corrected chi connectivity index (χ4v) is 6.95. The van der Waals surface area contributed by atoms with Crippen molar-refractivity contribution in [1.82, 2.24) is 10.2 Å². The largest absolute Gasteiger partial charge is 0.453 e. The van der Waals surface area contributed by atoms with Crippen LogP contribution in [0.5, 0.6) is 11.5 Å². The van der Waals surface area contributed by atoms with E-state index < -0.39 is 19.4 Å². The topological polar surface area (TPSA) is 93.9 Å². The molecule has 2 aliphatic heterocycles. The fourth-order valence-electron chi connectivity index (χ4n) is 3.74. The lowest BCUT2D eigenvalue weighted by atomic mass is 10.1. The Labute approximate surface area is 180 Å². The van der Waals surface area contributed by atoms with Crippen LogP contribution < -0.4 is 20.1 Å². The van der Waals surface area contributed by atoms with Crippen molar-refractivity contribution in [1.29, 1.82) is 0 Å². The molecule has 0 radical (unpaired) electrons. The highest BCUT2D eigenvalue weighted by molar-refractivity contribution is 7.99. The quantitative estimate of drug-likeness (QED) is 0.629. The van der Waals surface area contributed by atoms with E-state index in [4.69, 9.17) is 14.8 Å². The number of benzene rings is 2. The second-order valence-corrected chi connectivity index (χ2v) is 10.4. The van der Waals surface area contributed by atoms with E-state index in [2.05, 4.69) is 5.32 Å². The van der Waals surface area contributed by atoms with Crippen molar-refractivity contribution >= 4 is 25.3 Å². The molecule has 2 aromatic carbocycles. The molecule has 160 valence electrons. The first-order valence-electron chi connectivity index (χ1n) is 10.0. The fraction of sp³-hybridized carbons (Fsp3) is 0.381. The number of nitrogens with zero attached hydrogens (tertiary/aromatic N) is 1. The number of carbonyl (C=O) groups is 1. The maximum Gasteiger partial charge on any atom is 0.453 e. The maximum atomic E-state index is 14.1. The van der Waals surface area contributed by atoms with Gasteiger partial charge in [0.05, 0.1) is 0 Å². The predicted molar refractivity (Wildman–Crippen MR) is 119 cm³/mol. The van der Waals surface area contributed by atoms with E-state index in [1.807, 2.05) is 12.1 Å². The molecule has 2 heterocycles. The summed E-state index contributed by atoms with van der Waals surface area (Å²) < 4.78 is 26.0. The average molecular weight is 447 g/mol. The third-order valence-corrected chi connectivity index (χ3v) is 8.45. The van der Waals surface area contributed by atoms with E-state index in [-0.39, 0.29) is 11.9 Å². The van der Waals surface area contributed by atoms with Crippen molar-refractivity contribution in [3.05, 3.63) is 60.7 Å². The zero-order valence-electron chi connectivity index (χ0n) is 16.6. The van der Waals surface area contributed by atoms with Crippen LogP contribution in [0.1, 0.15) is 12.8 Å². The molecule has 0 saturated carbocycles. The molecular formula is C21H26N3O4PS. The van der Waals surface area contributed by atoms with Crippen LogP contribution in [0.15, 0.2) is 60.7 Å². The Morgan fingerprint density at radius 1 is 1.10 bits per heavy atom. The number of rotatable bonds is 7. The van der Waals surface area contributed by atoms with Gasteiger partial charge in [-0.25, -0.2) is 4.57 Å².